The molecule has 1 amide bonds. The fourth-order valence-corrected chi connectivity index (χ4v) is 2.64. The SMILES string of the molecule is O=C(CCN1CCC(C(=O)O)C1)Nc1cc(Cl)ccc1Cl. The number of nitrogens with zero attached hydrogens (tertiary/aromatic N) is 1. The number of amides is 1. The van der Waals surface area contributed by atoms with E-state index in [2.05, 4.69) is 5.32 Å². The first-order valence-corrected chi connectivity index (χ1v) is 7.41. The third kappa shape index (κ3) is 4.59. The molecule has 2 rings (SSSR count). The Morgan fingerprint density at radius 1 is 1.38 bits per heavy atom. The number of carboxylic acids is 1. The third-order valence-electron chi connectivity index (χ3n) is 3.48. The number of hydrogen-bond donors (Lipinski definition) is 2. The fraction of sp³-hybridized carbons (Fsp3) is 0.429. The molecule has 0 spiro atoms. The van der Waals surface area contributed by atoms with Crippen molar-refractivity contribution in [3.05, 3.63) is 28.2 Å². The number of carbonyl (C=O) groups is 2. The van der Waals surface area contributed by atoms with E-state index in [0.717, 1.165) is 0 Å². The zero-order valence-electron chi connectivity index (χ0n) is 11.3. The van der Waals surface area contributed by atoms with Gasteiger partial charge in [-0.2, -0.15) is 0 Å². The summed E-state index contributed by atoms with van der Waals surface area (Å²) in [5.74, 6) is -1.26. The van der Waals surface area contributed by atoms with E-state index >= 15 is 0 Å². The quantitative estimate of drug-likeness (QED) is 0.870. The van der Waals surface area contributed by atoms with Crippen LogP contribution in [0.1, 0.15) is 12.8 Å². The molecule has 0 bridgehead atoms. The molecular weight excluding hydrogens is 315 g/mol. The predicted molar refractivity (Wildman–Crippen MR) is 81.9 cm³/mol. The maximum Gasteiger partial charge on any atom is 0.307 e. The van der Waals surface area contributed by atoms with Crippen molar-refractivity contribution in [1.82, 2.24) is 4.90 Å². The van der Waals surface area contributed by atoms with Crippen LogP contribution in [0.25, 0.3) is 0 Å². The van der Waals surface area contributed by atoms with Gasteiger partial charge in [-0.1, -0.05) is 23.2 Å². The molecule has 21 heavy (non-hydrogen) atoms. The summed E-state index contributed by atoms with van der Waals surface area (Å²) in [4.78, 5) is 24.7. The molecule has 114 valence electrons. The molecule has 7 heteroatoms. The van der Waals surface area contributed by atoms with E-state index in [1.807, 2.05) is 4.90 Å². The Balaban J connectivity index is 1.80. The summed E-state index contributed by atoms with van der Waals surface area (Å²) >= 11 is 11.8. The second kappa shape index (κ2) is 7.11. The highest BCUT2D eigenvalue weighted by atomic mass is 35.5. The Hall–Kier alpha value is -1.30. The fourth-order valence-electron chi connectivity index (χ4n) is 2.30. The Bertz CT molecular complexity index is 551. The smallest absolute Gasteiger partial charge is 0.307 e. The highest BCUT2D eigenvalue weighted by Gasteiger charge is 2.27. The molecule has 1 fully saturated rings. The zero-order valence-corrected chi connectivity index (χ0v) is 12.8. The lowest BCUT2D eigenvalue weighted by molar-refractivity contribution is -0.141. The van der Waals surface area contributed by atoms with E-state index in [1.54, 1.807) is 18.2 Å². The van der Waals surface area contributed by atoms with Crippen molar-refractivity contribution < 1.29 is 14.7 Å². The Morgan fingerprint density at radius 2 is 2.14 bits per heavy atom. The van der Waals surface area contributed by atoms with Gasteiger partial charge in [0.1, 0.15) is 0 Å². The normalized spacial score (nSPS) is 18.7. The Morgan fingerprint density at radius 3 is 2.81 bits per heavy atom. The molecular formula is C14H16Cl2N2O3. The van der Waals surface area contributed by atoms with Crippen LogP contribution < -0.4 is 5.32 Å². The van der Waals surface area contributed by atoms with Crippen molar-refractivity contribution in [2.75, 3.05) is 25.0 Å². The molecule has 1 aliphatic rings. The summed E-state index contributed by atoms with van der Waals surface area (Å²) in [6, 6.07) is 4.87. The second-order valence-electron chi connectivity index (χ2n) is 5.05. The first-order chi connectivity index (χ1) is 9.95. The number of likely N-dealkylation sites (tertiary alicyclic amines) is 1. The molecule has 0 aliphatic carbocycles. The summed E-state index contributed by atoms with van der Waals surface area (Å²) in [7, 11) is 0. The largest absolute Gasteiger partial charge is 0.481 e. The summed E-state index contributed by atoms with van der Waals surface area (Å²) in [6.07, 6.45) is 0.923. The van der Waals surface area contributed by atoms with Gasteiger partial charge >= 0.3 is 5.97 Å². The van der Waals surface area contributed by atoms with E-state index in [4.69, 9.17) is 28.3 Å². The van der Waals surface area contributed by atoms with E-state index in [9.17, 15) is 9.59 Å². The van der Waals surface area contributed by atoms with E-state index in [1.165, 1.54) is 0 Å². The molecule has 1 aromatic rings. The van der Waals surface area contributed by atoms with Crippen LogP contribution in [-0.2, 0) is 9.59 Å². The topological polar surface area (TPSA) is 69.6 Å². The van der Waals surface area contributed by atoms with Crippen LogP contribution >= 0.6 is 23.2 Å². The zero-order chi connectivity index (χ0) is 15.4. The molecule has 0 saturated carbocycles. The van der Waals surface area contributed by atoms with Gasteiger partial charge in [0.2, 0.25) is 5.91 Å². The molecule has 1 saturated heterocycles. The van der Waals surface area contributed by atoms with Gasteiger partial charge in [0.05, 0.1) is 16.6 Å². The molecule has 2 N–H and O–H groups in total. The maximum absolute atomic E-state index is 11.9. The summed E-state index contributed by atoms with van der Waals surface area (Å²) in [5.41, 5.74) is 0.485. The highest BCUT2D eigenvalue weighted by Crippen LogP contribution is 2.25. The van der Waals surface area contributed by atoms with Gasteiger partial charge in [-0.05, 0) is 31.2 Å². The summed E-state index contributed by atoms with van der Waals surface area (Å²) in [6.45, 7) is 1.75. The minimum absolute atomic E-state index is 0.169. The van der Waals surface area contributed by atoms with Crippen LogP contribution in [0.15, 0.2) is 18.2 Å². The number of aliphatic carboxylic acids is 1. The average Bonchev–Trinajstić information content (AvgIpc) is 2.90. The number of carbonyl (C=O) groups excluding carboxylic acids is 1. The van der Waals surface area contributed by atoms with Crippen LogP contribution in [0.5, 0.6) is 0 Å². The van der Waals surface area contributed by atoms with Gasteiger partial charge in [0.15, 0.2) is 0 Å². The van der Waals surface area contributed by atoms with Gasteiger partial charge < -0.3 is 15.3 Å². The Kier molecular flexibility index (Phi) is 5.45. The lowest BCUT2D eigenvalue weighted by atomic mass is 10.1. The summed E-state index contributed by atoms with van der Waals surface area (Å²) < 4.78 is 0. The van der Waals surface area contributed by atoms with Crippen molar-refractivity contribution in [2.45, 2.75) is 12.8 Å². The lowest BCUT2D eigenvalue weighted by Crippen LogP contribution is -2.27. The molecule has 1 heterocycles. The van der Waals surface area contributed by atoms with Crippen molar-refractivity contribution in [2.24, 2.45) is 5.92 Å². The first kappa shape index (κ1) is 16.1. The predicted octanol–water partition coefficient (Wildman–Crippen LogP) is 2.73. The van der Waals surface area contributed by atoms with Crippen molar-refractivity contribution in [3.8, 4) is 0 Å². The molecule has 1 aromatic carbocycles. The minimum atomic E-state index is -0.771. The number of anilines is 1. The minimum Gasteiger partial charge on any atom is -0.481 e. The molecule has 0 radical (unpaired) electrons. The number of hydrogen-bond acceptors (Lipinski definition) is 3. The number of benzene rings is 1. The molecule has 0 aromatic heterocycles. The van der Waals surface area contributed by atoms with Crippen molar-refractivity contribution >= 4 is 40.8 Å². The highest BCUT2D eigenvalue weighted by molar-refractivity contribution is 6.35. The van der Waals surface area contributed by atoms with Gasteiger partial charge in [0.25, 0.3) is 0 Å². The van der Waals surface area contributed by atoms with Crippen LogP contribution in [0, 0.1) is 5.92 Å². The van der Waals surface area contributed by atoms with Crippen LogP contribution in [0.4, 0.5) is 5.69 Å². The Labute approximate surface area is 132 Å². The van der Waals surface area contributed by atoms with E-state index in [-0.39, 0.29) is 18.2 Å². The maximum atomic E-state index is 11.9. The van der Waals surface area contributed by atoms with E-state index < -0.39 is 5.97 Å². The standard InChI is InChI=1S/C14H16Cl2N2O3/c15-10-1-2-11(16)12(7-10)17-13(19)4-6-18-5-3-9(8-18)14(20)21/h1-2,7,9H,3-6,8H2,(H,17,19)(H,20,21). The van der Waals surface area contributed by atoms with Crippen LogP contribution in [0.3, 0.4) is 0 Å². The molecule has 1 atom stereocenters. The van der Waals surface area contributed by atoms with Crippen LogP contribution in [0.2, 0.25) is 10.0 Å². The summed E-state index contributed by atoms with van der Waals surface area (Å²) in [5, 5.41) is 12.6. The average molecular weight is 331 g/mol. The first-order valence-electron chi connectivity index (χ1n) is 6.66. The van der Waals surface area contributed by atoms with Gasteiger partial charge in [0, 0.05) is 24.5 Å². The van der Waals surface area contributed by atoms with Gasteiger partial charge in [-0.25, -0.2) is 0 Å². The molecule has 1 unspecified atom stereocenters. The van der Waals surface area contributed by atoms with Crippen molar-refractivity contribution in [3.63, 3.8) is 0 Å². The number of carboxylic acid groups (broad SMARTS) is 1. The molecule has 1 aliphatic heterocycles. The lowest BCUT2D eigenvalue weighted by Gasteiger charge is -2.15. The van der Waals surface area contributed by atoms with Gasteiger partial charge in [-0.15, -0.1) is 0 Å². The number of rotatable bonds is 5. The number of halogens is 2. The monoisotopic (exact) mass is 330 g/mol. The third-order valence-corrected chi connectivity index (χ3v) is 4.04. The van der Waals surface area contributed by atoms with Gasteiger partial charge in [-0.3, -0.25) is 9.59 Å². The van der Waals surface area contributed by atoms with Crippen LogP contribution in [-0.4, -0.2) is 41.5 Å². The number of nitrogens with one attached hydrogen (secondary N) is 1. The molecule has 5 nitrogen and oxygen atoms in total. The van der Waals surface area contributed by atoms with E-state index in [0.29, 0.717) is 41.8 Å². The van der Waals surface area contributed by atoms with Crippen molar-refractivity contribution in [1.29, 1.82) is 0 Å². The second-order valence-corrected chi connectivity index (χ2v) is 5.89.